The Hall–Kier alpha value is -2.42. The lowest BCUT2D eigenvalue weighted by atomic mass is 9.96. The van der Waals surface area contributed by atoms with Crippen molar-refractivity contribution in [3.05, 3.63) is 53.1 Å². The monoisotopic (exact) mass is 248 g/mol. The van der Waals surface area contributed by atoms with Gasteiger partial charge in [-0.15, -0.1) is 0 Å². The Kier molecular flexibility index (Phi) is 1.96. The van der Waals surface area contributed by atoms with Crippen molar-refractivity contribution in [2.24, 2.45) is 9.98 Å². The maximum atomic E-state index is 10.0. The van der Waals surface area contributed by atoms with E-state index in [9.17, 15) is 5.11 Å². The standard InChI is InChI=1S/C16H12N2O/c1-9-5-6-10-8-13-16(18-12(10)7-9)15-11(17-13)3-2-4-14(15)19/h2-7,19H,8H2,1H3. The summed E-state index contributed by atoms with van der Waals surface area (Å²) in [5, 5.41) is 10.0. The quantitative estimate of drug-likeness (QED) is 0.762. The van der Waals surface area contributed by atoms with Crippen LogP contribution < -0.4 is 0 Å². The van der Waals surface area contributed by atoms with E-state index < -0.39 is 0 Å². The molecule has 92 valence electrons. The molecule has 0 fully saturated rings. The van der Waals surface area contributed by atoms with E-state index in [4.69, 9.17) is 4.99 Å². The minimum atomic E-state index is 0.256. The van der Waals surface area contributed by atoms with Crippen molar-refractivity contribution in [2.75, 3.05) is 0 Å². The van der Waals surface area contributed by atoms with Gasteiger partial charge in [0.05, 0.1) is 28.4 Å². The Labute approximate surface area is 111 Å². The molecular weight excluding hydrogens is 236 g/mol. The number of phenolic OH excluding ortho intramolecular Hbond substituents is 1. The van der Waals surface area contributed by atoms with E-state index in [1.54, 1.807) is 6.07 Å². The van der Waals surface area contributed by atoms with Gasteiger partial charge >= 0.3 is 0 Å². The molecule has 0 aromatic heterocycles. The highest BCUT2D eigenvalue weighted by molar-refractivity contribution is 6.54. The van der Waals surface area contributed by atoms with Crippen LogP contribution in [0.2, 0.25) is 0 Å². The van der Waals surface area contributed by atoms with Gasteiger partial charge in [-0.1, -0.05) is 18.2 Å². The third-order valence-corrected chi connectivity index (χ3v) is 3.62. The van der Waals surface area contributed by atoms with Crippen LogP contribution in [-0.2, 0) is 6.42 Å². The molecule has 0 amide bonds. The molecule has 3 heteroatoms. The fourth-order valence-electron chi connectivity index (χ4n) is 2.68. The molecule has 2 aromatic rings. The maximum Gasteiger partial charge on any atom is 0.127 e. The average molecular weight is 248 g/mol. The molecule has 19 heavy (non-hydrogen) atoms. The SMILES string of the molecule is Cc1ccc2c(c1)N=C1C(=Nc3cccc(O)c31)C2. The number of hydrogen-bond donors (Lipinski definition) is 1. The molecule has 2 aliphatic rings. The second-order valence-electron chi connectivity index (χ2n) is 5.00. The van der Waals surface area contributed by atoms with Gasteiger partial charge in [0.1, 0.15) is 5.75 Å². The zero-order valence-corrected chi connectivity index (χ0v) is 10.5. The van der Waals surface area contributed by atoms with Crippen molar-refractivity contribution in [1.29, 1.82) is 0 Å². The van der Waals surface area contributed by atoms with Crippen LogP contribution in [0.4, 0.5) is 11.4 Å². The van der Waals surface area contributed by atoms with Crippen molar-refractivity contribution >= 4 is 22.8 Å². The molecular formula is C16H12N2O. The lowest BCUT2D eigenvalue weighted by molar-refractivity contribution is 0.474. The van der Waals surface area contributed by atoms with E-state index in [2.05, 4.69) is 30.1 Å². The summed E-state index contributed by atoms with van der Waals surface area (Å²) in [5.41, 5.74) is 6.74. The van der Waals surface area contributed by atoms with Crippen LogP contribution in [0.15, 0.2) is 46.4 Å². The summed E-state index contributed by atoms with van der Waals surface area (Å²) >= 11 is 0. The molecule has 0 unspecified atom stereocenters. The first-order valence-corrected chi connectivity index (χ1v) is 6.31. The maximum absolute atomic E-state index is 10.0. The summed E-state index contributed by atoms with van der Waals surface area (Å²) in [6, 6.07) is 11.7. The van der Waals surface area contributed by atoms with Gasteiger partial charge in [-0.3, -0.25) is 0 Å². The number of aryl methyl sites for hydroxylation is 1. The topological polar surface area (TPSA) is 45.0 Å². The first-order valence-electron chi connectivity index (χ1n) is 6.31. The smallest absolute Gasteiger partial charge is 0.127 e. The first kappa shape index (κ1) is 10.5. The number of aliphatic imine (C=N–C) groups is 2. The minimum Gasteiger partial charge on any atom is -0.507 e. The van der Waals surface area contributed by atoms with Gasteiger partial charge < -0.3 is 5.11 Å². The summed E-state index contributed by atoms with van der Waals surface area (Å²) in [6.07, 6.45) is 0.780. The third kappa shape index (κ3) is 1.45. The lowest BCUT2D eigenvalue weighted by Gasteiger charge is -2.15. The summed E-state index contributed by atoms with van der Waals surface area (Å²) in [7, 11) is 0. The molecule has 0 bridgehead atoms. The molecule has 0 saturated heterocycles. The Bertz CT molecular complexity index is 772. The number of phenols is 1. The fraction of sp³-hybridized carbons (Fsp3) is 0.125. The molecule has 4 rings (SSSR count). The van der Waals surface area contributed by atoms with Crippen LogP contribution in [0.1, 0.15) is 16.7 Å². The number of rotatable bonds is 0. The van der Waals surface area contributed by atoms with Gasteiger partial charge in [0.15, 0.2) is 0 Å². The predicted octanol–water partition coefficient (Wildman–Crippen LogP) is 3.46. The van der Waals surface area contributed by atoms with E-state index in [1.165, 1.54) is 11.1 Å². The molecule has 3 nitrogen and oxygen atoms in total. The minimum absolute atomic E-state index is 0.256. The fourth-order valence-corrected chi connectivity index (χ4v) is 2.68. The molecule has 0 spiro atoms. The molecule has 0 aliphatic carbocycles. The number of aromatic hydroxyl groups is 1. The highest BCUT2D eigenvalue weighted by Crippen LogP contribution is 2.39. The molecule has 2 aliphatic heterocycles. The lowest BCUT2D eigenvalue weighted by Crippen LogP contribution is -2.17. The van der Waals surface area contributed by atoms with Crippen molar-refractivity contribution in [3.63, 3.8) is 0 Å². The van der Waals surface area contributed by atoms with Crippen molar-refractivity contribution in [2.45, 2.75) is 13.3 Å². The Morgan fingerprint density at radius 1 is 1.05 bits per heavy atom. The zero-order valence-electron chi connectivity index (χ0n) is 10.5. The molecule has 0 saturated carbocycles. The highest BCUT2D eigenvalue weighted by atomic mass is 16.3. The molecule has 1 N–H and O–H groups in total. The molecule has 2 heterocycles. The average Bonchev–Trinajstić information content (AvgIpc) is 2.74. The summed E-state index contributed by atoms with van der Waals surface area (Å²) < 4.78 is 0. The van der Waals surface area contributed by atoms with Crippen molar-refractivity contribution in [1.82, 2.24) is 0 Å². The highest BCUT2D eigenvalue weighted by Gasteiger charge is 2.29. The van der Waals surface area contributed by atoms with E-state index in [0.29, 0.717) is 0 Å². The van der Waals surface area contributed by atoms with Gasteiger partial charge in [0.25, 0.3) is 0 Å². The number of hydrogen-bond acceptors (Lipinski definition) is 3. The molecule has 0 atom stereocenters. The van der Waals surface area contributed by atoms with Gasteiger partial charge in [0, 0.05) is 6.42 Å². The zero-order chi connectivity index (χ0) is 13.0. The van der Waals surface area contributed by atoms with Crippen molar-refractivity contribution < 1.29 is 5.11 Å². The van der Waals surface area contributed by atoms with E-state index in [-0.39, 0.29) is 5.75 Å². The van der Waals surface area contributed by atoms with Crippen LogP contribution in [0.3, 0.4) is 0 Å². The Balaban J connectivity index is 1.97. The second kappa shape index (κ2) is 3.54. The van der Waals surface area contributed by atoms with Gasteiger partial charge in [0.2, 0.25) is 0 Å². The van der Waals surface area contributed by atoms with Crippen LogP contribution in [0.25, 0.3) is 0 Å². The van der Waals surface area contributed by atoms with Crippen LogP contribution in [0, 0.1) is 6.92 Å². The third-order valence-electron chi connectivity index (χ3n) is 3.62. The van der Waals surface area contributed by atoms with E-state index in [1.807, 2.05) is 12.1 Å². The molecule has 0 radical (unpaired) electrons. The van der Waals surface area contributed by atoms with E-state index >= 15 is 0 Å². The number of fused-ring (bicyclic) bond motifs is 4. The Morgan fingerprint density at radius 2 is 1.95 bits per heavy atom. The van der Waals surface area contributed by atoms with Crippen LogP contribution in [-0.4, -0.2) is 16.5 Å². The summed E-state index contributed by atoms with van der Waals surface area (Å²) in [4.78, 5) is 9.28. The summed E-state index contributed by atoms with van der Waals surface area (Å²) in [6.45, 7) is 2.06. The van der Waals surface area contributed by atoms with Gasteiger partial charge in [-0.2, -0.15) is 0 Å². The summed E-state index contributed by atoms with van der Waals surface area (Å²) in [5.74, 6) is 0.256. The number of benzene rings is 2. The number of nitrogens with zero attached hydrogens (tertiary/aromatic N) is 2. The van der Waals surface area contributed by atoms with Crippen molar-refractivity contribution in [3.8, 4) is 5.75 Å². The van der Waals surface area contributed by atoms with E-state index in [0.717, 1.165) is 34.8 Å². The van der Waals surface area contributed by atoms with Gasteiger partial charge in [-0.05, 0) is 36.2 Å². The van der Waals surface area contributed by atoms with Gasteiger partial charge in [-0.25, -0.2) is 9.98 Å². The molecule has 2 aromatic carbocycles. The van der Waals surface area contributed by atoms with Crippen LogP contribution in [0.5, 0.6) is 5.75 Å². The second-order valence-corrected chi connectivity index (χ2v) is 5.00. The predicted molar refractivity (Wildman–Crippen MR) is 76.3 cm³/mol. The van der Waals surface area contributed by atoms with Crippen LogP contribution >= 0.6 is 0 Å². The first-order chi connectivity index (χ1) is 9.22. The normalized spacial score (nSPS) is 15.2. The Morgan fingerprint density at radius 3 is 2.84 bits per heavy atom. The largest absolute Gasteiger partial charge is 0.507 e.